The van der Waals surface area contributed by atoms with Crippen LogP contribution in [0.3, 0.4) is 0 Å². The summed E-state index contributed by atoms with van der Waals surface area (Å²) in [5.74, 6) is -2.00. The number of nitrogen functional groups attached to an aromatic ring is 1. The van der Waals surface area contributed by atoms with Crippen molar-refractivity contribution in [2.45, 2.75) is 21.2 Å². The van der Waals surface area contributed by atoms with Gasteiger partial charge < -0.3 is 32.5 Å². The summed E-state index contributed by atoms with van der Waals surface area (Å²) in [5.41, 5.74) is 15.7. The lowest BCUT2D eigenvalue weighted by atomic mass is 10.0. The molecule has 0 radical (unpaired) electrons. The second-order valence-corrected chi connectivity index (χ2v) is 13.2. The Morgan fingerprint density at radius 3 is 2.81 bits per heavy atom. The van der Waals surface area contributed by atoms with Crippen LogP contribution in [0.5, 0.6) is 0 Å². The molecule has 0 aromatic carbocycles. The van der Waals surface area contributed by atoms with Gasteiger partial charge in [-0.25, -0.2) is 14.2 Å². The molecule has 2 aliphatic heterocycles. The Morgan fingerprint density at radius 1 is 1.36 bits per heavy atom. The molecule has 42 heavy (non-hydrogen) atoms. The zero-order valence-corrected chi connectivity index (χ0v) is 25.4. The van der Waals surface area contributed by atoms with Crippen molar-refractivity contribution in [3.63, 3.8) is 0 Å². The molecule has 8 N–H and O–H groups in total. The van der Waals surface area contributed by atoms with Crippen LogP contribution >= 0.6 is 58.2 Å². The van der Waals surface area contributed by atoms with Crippen LogP contribution in [0.25, 0.3) is 0 Å². The number of aromatic nitrogens is 2. The van der Waals surface area contributed by atoms with E-state index in [1.807, 2.05) is 0 Å². The normalized spacial score (nSPS) is 18.3. The summed E-state index contributed by atoms with van der Waals surface area (Å²) < 4.78 is 12.6. The molecule has 2 amide bonds. The predicted octanol–water partition coefficient (Wildman–Crippen LogP) is 1.32. The van der Waals surface area contributed by atoms with E-state index in [2.05, 4.69) is 25.4 Å². The topological polar surface area (TPSA) is 225 Å². The van der Waals surface area contributed by atoms with E-state index >= 15 is 0 Å². The molecule has 0 spiro atoms. The predicted molar refractivity (Wildman–Crippen MR) is 161 cm³/mol. The summed E-state index contributed by atoms with van der Waals surface area (Å²) in [4.78, 5) is 58.7. The van der Waals surface area contributed by atoms with E-state index < -0.39 is 48.2 Å². The number of hydrogen-bond acceptors (Lipinski definition) is 13. The number of hydrogen-bond donors (Lipinski definition) is 5. The number of rotatable bonds is 13. The molecule has 14 nitrogen and oxygen atoms in total. The van der Waals surface area contributed by atoms with E-state index in [0.29, 0.717) is 17.2 Å². The molecule has 2 aliphatic rings. The van der Waals surface area contributed by atoms with Gasteiger partial charge in [0.1, 0.15) is 40.4 Å². The maximum atomic E-state index is 13.2. The number of pyridine rings is 1. The lowest BCUT2D eigenvalue weighted by molar-refractivity contribution is -0.150. The van der Waals surface area contributed by atoms with Crippen molar-refractivity contribution in [2.24, 2.45) is 21.6 Å². The molecule has 224 valence electrons. The molecular weight excluding hydrogens is 653 g/mol. The largest absolute Gasteiger partial charge is 0.477 e. The molecular formula is C22H23ClFN9O5S4. The summed E-state index contributed by atoms with van der Waals surface area (Å²) in [6.07, 6.45) is 3.24. The van der Waals surface area contributed by atoms with Crippen molar-refractivity contribution in [1.29, 1.82) is 0 Å². The highest BCUT2D eigenvalue weighted by molar-refractivity contribution is 8.07. The highest BCUT2D eigenvalue weighted by atomic mass is 35.5. The fourth-order valence-electron chi connectivity index (χ4n) is 3.70. The maximum absolute atomic E-state index is 13.2. The third-order valence-corrected chi connectivity index (χ3v) is 10.3. The minimum Gasteiger partial charge on any atom is -0.477 e. The number of carbonyl (C=O) groups is 3. The van der Waals surface area contributed by atoms with Gasteiger partial charge in [-0.15, -0.1) is 23.5 Å². The lowest BCUT2D eigenvalue weighted by Crippen LogP contribution is -2.71. The number of aliphatic carboxylic acids is 1. The van der Waals surface area contributed by atoms with Crippen molar-refractivity contribution < 1.29 is 28.7 Å². The second-order valence-electron chi connectivity index (χ2n) is 8.15. The van der Waals surface area contributed by atoms with E-state index in [-0.39, 0.29) is 32.6 Å². The number of guanidine groups is 1. The number of nitrogens with two attached hydrogens (primary N) is 3. The van der Waals surface area contributed by atoms with Crippen LogP contribution in [0.2, 0.25) is 4.34 Å². The maximum Gasteiger partial charge on any atom is 0.353 e. The number of nitrogens with one attached hydrogen (secondary N) is 1. The second kappa shape index (κ2) is 14.3. The number of halogens is 2. The molecule has 4 heterocycles. The molecule has 1 fully saturated rings. The molecule has 1 saturated heterocycles. The van der Waals surface area contributed by atoms with Crippen molar-refractivity contribution in [1.82, 2.24) is 20.2 Å². The van der Waals surface area contributed by atoms with Gasteiger partial charge in [-0.05, 0) is 6.07 Å². The van der Waals surface area contributed by atoms with Crippen LogP contribution in [-0.2, 0) is 19.2 Å². The van der Waals surface area contributed by atoms with Crippen molar-refractivity contribution in [3.05, 3.63) is 39.1 Å². The van der Waals surface area contributed by atoms with Gasteiger partial charge in [0.2, 0.25) is 0 Å². The number of thiazole rings is 1. The summed E-state index contributed by atoms with van der Waals surface area (Å²) >= 11 is 11.0. The first kappa shape index (κ1) is 31.7. The molecule has 4 rings (SSSR count). The smallest absolute Gasteiger partial charge is 0.353 e. The zero-order valence-electron chi connectivity index (χ0n) is 21.4. The Hall–Kier alpha value is -3.26. The number of thioether (sulfide) groups is 3. The van der Waals surface area contributed by atoms with E-state index in [1.165, 1.54) is 35.3 Å². The number of oxime groups is 1. The highest BCUT2D eigenvalue weighted by Gasteiger charge is 2.54. The highest BCUT2D eigenvalue weighted by Crippen LogP contribution is 2.46. The molecule has 2 aromatic heterocycles. The van der Waals surface area contributed by atoms with Gasteiger partial charge in [0.05, 0.1) is 6.54 Å². The molecule has 20 heteroatoms. The first-order valence-electron chi connectivity index (χ1n) is 11.8. The van der Waals surface area contributed by atoms with Gasteiger partial charge in [0.25, 0.3) is 11.8 Å². The van der Waals surface area contributed by atoms with Crippen molar-refractivity contribution in [3.8, 4) is 0 Å². The fourth-order valence-corrected chi connectivity index (χ4v) is 8.14. The Balaban J connectivity index is 1.51. The van der Waals surface area contributed by atoms with Crippen LogP contribution in [0.15, 0.2) is 49.0 Å². The molecule has 2 atom stereocenters. The standard InChI is InChI=1S/C22H23ClFN9O5S4/c23-16-12(31-22(27)42-16)13(32-38-5-2-24)17(34)30-14-18(35)33-15(20(36)37)11(8-40-19(14)33)41-9-1-3-28-7-10(9)39-6-4-29-21(25)26/h1,3,7,14,19H,2,4-6,8H2,(H2,27,31)(H,30,34)(H,36,37)(H4,25,26,29)/b32-13-/t14-,19+/m1/s1. The monoisotopic (exact) mass is 675 g/mol. The number of anilines is 1. The number of carbonyl (C=O) groups excluding carboxylic acids is 2. The first-order valence-corrected chi connectivity index (χ1v) is 15.9. The number of alkyl halides is 1. The molecule has 0 bridgehead atoms. The summed E-state index contributed by atoms with van der Waals surface area (Å²) in [7, 11) is 0. The number of β-lactam (4-membered cyclic amide) rings is 1. The van der Waals surface area contributed by atoms with Gasteiger partial charge in [-0.2, -0.15) is 0 Å². The van der Waals surface area contributed by atoms with Crippen LogP contribution < -0.4 is 22.5 Å². The summed E-state index contributed by atoms with van der Waals surface area (Å²) in [6.45, 7) is -0.898. The van der Waals surface area contributed by atoms with Crippen molar-refractivity contribution in [2.75, 3.05) is 37.1 Å². The van der Waals surface area contributed by atoms with E-state index in [4.69, 9.17) is 33.6 Å². The fraction of sp³-hybridized carbons (Fsp3) is 0.318. The number of nitrogens with zero attached hydrogens (tertiary/aromatic N) is 5. The SMILES string of the molecule is NC(N)=NCCSc1cnccc1SC1=C(C(=O)O)N2C(=O)[C@@H](NC(=O)/C(=N\OCCF)c3nc(N)sc3Cl)[C@@H]2SC1. The van der Waals surface area contributed by atoms with E-state index in [0.717, 1.165) is 26.0 Å². The average Bonchev–Trinajstić information content (AvgIpc) is 3.29. The van der Waals surface area contributed by atoms with Gasteiger partial charge in [0, 0.05) is 38.6 Å². The van der Waals surface area contributed by atoms with E-state index in [1.54, 1.807) is 18.5 Å². The third kappa shape index (κ3) is 7.20. The van der Waals surface area contributed by atoms with Crippen LogP contribution in [0.1, 0.15) is 5.69 Å². The number of amides is 2. The minimum atomic E-state index is -1.29. The average molecular weight is 676 g/mol. The number of fused-ring (bicyclic) bond motifs is 1. The minimum absolute atomic E-state index is 0.0135. The number of aliphatic imine (C=N–C) groups is 1. The molecule has 0 unspecified atom stereocenters. The summed E-state index contributed by atoms with van der Waals surface area (Å²) in [5, 5.41) is 15.6. The zero-order chi connectivity index (χ0) is 30.4. The van der Waals surface area contributed by atoms with Gasteiger partial charge in [0.15, 0.2) is 16.8 Å². The van der Waals surface area contributed by atoms with Crippen LogP contribution in [0, 0.1) is 0 Å². The quantitative estimate of drug-likeness (QED) is 0.0505. The number of carboxylic acids is 1. The molecule has 0 saturated carbocycles. The Morgan fingerprint density at radius 2 is 2.14 bits per heavy atom. The molecule has 2 aromatic rings. The van der Waals surface area contributed by atoms with Gasteiger partial charge in [-0.1, -0.05) is 39.9 Å². The van der Waals surface area contributed by atoms with Gasteiger partial charge >= 0.3 is 5.97 Å². The Kier molecular flexibility index (Phi) is 10.8. The Labute approximate surface area is 259 Å². The first-order chi connectivity index (χ1) is 20.1. The van der Waals surface area contributed by atoms with Gasteiger partial charge in [-0.3, -0.25) is 24.5 Å². The lowest BCUT2D eigenvalue weighted by Gasteiger charge is -2.49. The van der Waals surface area contributed by atoms with Crippen molar-refractivity contribution >= 4 is 92.8 Å². The Bertz CT molecular complexity index is 1470. The summed E-state index contributed by atoms with van der Waals surface area (Å²) in [6, 6.07) is 0.673. The molecule has 0 aliphatic carbocycles. The number of carboxylic acid groups (broad SMARTS) is 1. The van der Waals surface area contributed by atoms with Crippen LogP contribution in [-0.4, -0.2) is 92.2 Å². The third-order valence-electron chi connectivity index (χ3n) is 5.41. The van der Waals surface area contributed by atoms with Crippen LogP contribution in [0.4, 0.5) is 9.52 Å². The van der Waals surface area contributed by atoms with E-state index in [9.17, 15) is 23.9 Å².